The fourth-order valence-corrected chi connectivity index (χ4v) is 2.38. The van der Waals surface area contributed by atoms with Gasteiger partial charge in [-0.1, -0.05) is 6.92 Å². The quantitative estimate of drug-likeness (QED) is 0.904. The number of hydrogen-bond donors (Lipinski definition) is 1. The predicted octanol–water partition coefficient (Wildman–Crippen LogP) is 3.47. The molecule has 1 N–H and O–H groups in total. The first-order valence-corrected chi connectivity index (χ1v) is 6.41. The van der Waals surface area contributed by atoms with Gasteiger partial charge in [0.25, 0.3) is 0 Å². The van der Waals surface area contributed by atoms with E-state index in [0.717, 1.165) is 23.4 Å². The SMILES string of the molecule is CCCNc1ncc(F)c(-c2sccc2C)n1. The van der Waals surface area contributed by atoms with Crippen molar-refractivity contribution in [3.63, 3.8) is 0 Å². The molecule has 0 aliphatic heterocycles. The third kappa shape index (κ3) is 2.61. The van der Waals surface area contributed by atoms with E-state index in [4.69, 9.17) is 0 Å². The largest absolute Gasteiger partial charge is 0.354 e. The molecule has 2 aromatic rings. The zero-order valence-electron chi connectivity index (χ0n) is 9.83. The summed E-state index contributed by atoms with van der Waals surface area (Å²) in [4.78, 5) is 9.01. The molecule has 2 rings (SSSR count). The van der Waals surface area contributed by atoms with Gasteiger partial charge in [0.2, 0.25) is 5.95 Å². The normalized spacial score (nSPS) is 10.5. The molecule has 0 aliphatic carbocycles. The maximum absolute atomic E-state index is 13.7. The number of rotatable bonds is 4. The van der Waals surface area contributed by atoms with Crippen molar-refractivity contribution in [1.82, 2.24) is 9.97 Å². The van der Waals surface area contributed by atoms with Crippen LogP contribution in [0.4, 0.5) is 10.3 Å². The summed E-state index contributed by atoms with van der Waals surface area (Å²) in [6.45, 7) is 4.79. The number of nitrogens with one attached hydrogen (secondary N) is 1. The Morgan fingerprint density at radius 1 is 1.47 bits per heavy atom. The molecule has 0 unspecified atom stereocenters. The number of aromatic nitrogens is 2. The first-order chi connectivity index (χ1) is 8.22. The Morgan fingerprint density at radius 3 is 2.94 bits per heavy atom. The van der Waals surface area contributed by atoms with Crippen molar-refractivity contribution in [1.29, 1.82) is 0 Å². The molecule has 0 bridgehead atoms. The number of halogens is 1. The van der Waals surface area contributed by atoms with E-state index < -0.39 is 0 Å². The number of nitrogens with zero attached hydrogens (tertiary/aromatic N) is 2. The molecule has 2 heterocycles. The molecule has 3 nitrogen and oxygen atoms in total. The van der Waals surface area contributed by atoms with Gasteiger partial charge in [0.15, 0.2) is 5.82 Å². The van der Waals surface area contributed by atoms with Gasteiger partial charge in [-0.25, -0.2) is 14.4 Å². The van der Waals surface area contributed by atoms with Crippen LogP contribution >= 0.6 is 11.3 Å². The van der Waals surface area contributed by atoms with Crippen LogP contribution in [-0.2, 0) is 0 Å². The zero-order valence-corrected chi connectivity index (χ0v) is 10.6. The van der Waals surface area contributed by atoms with Crippen molar-refractivity contribution >= 4 is 17.3 Å². The van der Waals surface area contributed by atoms with Gasteiger partial charge >= 0.3 is 0 Å². The molecule has 0 aromatic carbocycles. The molecule has 0 atom stereocenters. The minimum absolute atomic E-state index is 0.377. The van der Waals surface area contributed by atoms with Crippen molar-refractivity contribution in [2.24, 2.45) is 0 Å². The lowest BCUT2D eigenvalue weighted by molar-refractivity contribution is 0.619. The van der Waals surface area contributed by atoms with Gasteiger partial charge in [-0.15, -0.1) is 11.3 Å². The summed E-state index contributed by atoms with van der Waals surface area (Å²) in [6.07, 6.45) is 2.20. The van der Waals surface area contributed by atoms with Crippen LogP contribution in [0.15, 0.2) is 17.6 Å². The number of anilines is 1. The average Bonchev–Trinajstić information content (AvgIpc) is 2.74. The number of thiophene rings is 1. The van der Waals surface area contributed by atoms with E-state index in [1.54, 1.807) is 0 Å². The van der Waals surface area contributed by atoms with E-state index in [0.29, 0.717) is 11.6 Å². The van der Waals surface area contributed by atoms with Gasteiger partial charge in [-0.2, -0.15) is 0 Å². The highest BCUT2D eigenvalue weighted by Crippen LogP contribution is 2.29. The molecule has 0 radical (unpaired) electrons. The van der Waals surface area contributed by atoms with Crippen LogP contribution in [0.25, 0.3) is 10.6 Å². The molecular weight excluding hydrogens is 237 g/mol. The number of aryl methyl sites for hydroxylation is 1. The highest BCUT2D eigenvalue weighted by atomic mass is 32.1. The maximum Gasteiger partial charge on any atom is 0.223 e. The molecule has 90 valence electrons. The van der Waals surface area contributed by atoms with E-state index in [9.17, 15) is 4.39 Å². The van der Waals surface area contributed by atoms with Gasteiger partial charge in [0.1, 0.15) is 5.69 Å². The Bertz CT molecular complexity index is 510. The van der Waals surface area contributed by atoms with Gasteiger partial charge in [-0.05, 0) is 30.4 Å². The average molecular weight is 251 g/mol. The summed E-state index contributed by atoms with van der Waals surface area (Å²) >= 11 is 1.49. The van der Waals surface area contributed by atoms with Crippen molar-refractivity contribution in [3.05, 3.63) is 29.0 Å². The van der Waals surface area contributed by atoms with E-state index in [1.165, 1.54) is 17.5 Å². The minimum Gasteiger partial charge on any atom is -0.354 e. The van der Waals surface area contributed by atoms with Crippen molar-refractivity contribution in [2.75, 3.05) is 11.9 Å². The lowest BCUT2D eigenvalue weighted by Crippen LogP contribution is -2.05. The monoisotopic (exact) mass is 251 g/mol. The Balaban J connectivity index is 2.36. The lowest BCUT2D eigenvalue weighted by atomic mass is 10.2. The molecule has 0 spiro atoms. The van der Waals surface area contributed by atoms with Gasteiger partial charge in [0, 0.05) is 6.54 Å². The fourth-order valence-electron chi connectivity index (χ4n) is 1.46. The zero-order chi connectivity index (χ0) is 12.3. The molecule has 0 fully saturated rings. The Morgan fingerprint density at radius 2 is 2.29 bits per heavy atom. The molecule has 0 amide bonds. The second kappa shape index (κ2) is 5.23. The van der Waals surface area contributed by atoms with Gasteiger partial charge in [0.05, 0.1) is 11.1 Å². The maximum atomic E-state index is 13.7. The van der Waals surface area contributed by atoms with Gasteiger partial charge in [-0.3, -0.25) is 0 Å². The van der Waals surface area contributed by atoms with Crippen molar-refractivity contribution in [2.45, 2.75) is 20.3 Å². The number of hydrogen-bond acceptors (Lipinski definition) is 4. The van der Waals surface area contributed by atoms with E-state index in [-0.39, 0.29) is 5.82 Å². The third-order valence-corrected chi connectivity index (χ3v) is 3.38. The molecule has 0 saturated carbocycles. The lowest BCUT2D eigenvalue weighted by Gasteiger charge is -2.06. The summed E-state index contributed by atoms with van der Waals surface area (Å²) < 4.78 is 13.7. The molecule has 0 aliphatic rings. The third-order valence-electron chi connectivity index (χ3n) is 2.35. The van der Waals surface area contributed by atoms with Gasteiger partial charge < -0.3 is 5.32 Å². The Labute approximate surface area is 104 Å². The summed E-state index contributed by atoms with van der Waals surface area (Å²) in [5.74, 6) is 0.105. The highest BCUT2D eigenvalue weighted by Gasteiger charge is 2.12. The second-order valence-corrected chi connectivity index (χ2v) is 4.67. The Kier molecular flexibility index (Phi) is 3.68. The topological polar surface area (TPSA) is 37.8 Å². The fraction of sp³-hybridized carbons (Fsp3) is 0.333. The van der Waals surface area contributed by atoms with E-state index in [1.807, 2.05) is 18.4 Å². The smallest absolute Gasteiger partial charge is 0.223 e. The first-order valence-electron chi connectivity index (χ1n) is 5.53. The van der Waals surface area contributed by atoms with Crippen LogP contribution < -0.4 is 5.32 Å². The molecular formula is C12H14FN3S. The Hall–Kier alpha value is -1.49. The van der Waals surface area contributed by atoms with E-state index in [2.05, 4.69) is 22.2 Å². The standard InChI is InChI=1S/C12H14FN3S/c1-3-5-14-12-15-7-9(13)10(16-12)11-8(2)4-6-17-11/h4,6-7H,3,5H2,1-2H3,(H,14,15,16). The summed E-state index contributed by atoms with van der Waals surface area (Å²) in [7, 11) is 0. The molecule has 5 heteroatoms. The molecule has 2 aromatic heterocycles. The summed E-state index contributed by atoms with van der Waals surface area (Å²) in [5, 5.41) is 4.99. The van der Waals surface area contributed by atoms with Crippen LogP contribution in [0, 0.1) is 12.7 Å². The van der Waals surface area contributed by atoms with Crippen molar-refractivity contribution in [3.8, 4) is 10.6 Å². The second-order valence-electron chi connectivity index (χ2n) is 3.75. The first kappa shape index (κ1) is 12.0. The van der Waals surface area contributed by atoms with Crippen molar-refractivity contribution < 1.29 is 4.39 Å². The van der Waals surface area contributed by atoms with Crippen LogP contribution in [0.5, 0.6) is 0 Å². The van der Waals surface area contributed by atoms with Crippen LogP contribution in [0.3, 0.4) is 0 Å². The molecule has 0 saturated heterocycles. The van der Waals surface area contributed by atoms with Crippen LogP contribution in [0.1, 0.15) is 18.9 Å². The molecule has 17 heavy (non-hydrogen) atoms. The highest BCUT2D eigenvalue weighted by molar-refractivity contribution is 7.13. The minimum atomic E-state index is -0.377. The van der Waals surface area contributed by atoms with Crippen LogP contribution in [0.2, 0.25) is 0 Å². The summed E-state index contributed by atoms with van der Waals surface area (Å²) in [5.41, 5.74) is 1.42. The van der Waals surface area contributed by atoms with E-state index >= 15 is 0 Å². The predicted molar refractivity (Wildman–Crippen MR) is 68.8 cm³/mol. The van der Waals surface area contributed by atoms with Crippen LogP contribution in [-0.4, -0.2) is 16.5 Å². The summed E-state index contributed by atoms with van der Waals surface area (Å²) in [6, 6.07) is 1.96.